The van der Waals surface area contributed by atoms with Crippen LogP contribution in [0.1, 0.15) is 48.3 Å². The first-order valence-corrected chi connectivity index (χ1v) is 11.0. The Kier molecular flexibility index (Phi) is 7.63. The SMILES string of the molecule is CCSc1ccnc(NC(C)c2ccc(C(C)=O)cc2)c1NCc1ccc(F)c(F)c1. The molecule has 31 heavy (non-hydrogen) atoms. The molecule has 162 valence electrons. The van der Waals surface area contributed by atoms with Gasteiger partial charge in [-0.25, -0.2) is 13.8 Å². The van der Waals surface area contributed by atoms with Crippen molar-refractivity contribution in [1.29, 1.82) is 0 Å². The Morgan fingerprint density at radius 3 is 2.48 bits per heavy atom. The van der Waals surface area contributed by atoms with Crippen LogP contribution in [-0.2, 0) is 6.54 Å². The number of carbonyl (C=O) groups is 1. The number of Topliss-reactive ketones (excluding diaryl/α,β-unsaturated/α-hetero) is 1. The van der Waals surface area contributed by atoms with Crippen molar-refractivity contribution in [3.8, 4) is 0 Å². The number of halogens is 2. The summed E-state index contributed by atoms with van der Waals surface area (Å²) in [4.78, 5) is 17.0. The molecule has 0 radical (unpaired) electrons. The van der Waals surface area contributed by atoms with Crippen LogP contribution in [0.15, 0.2) is 59.6 Å². The van der Waals surface area contributed by atoms with Gasteiger partial charge in [-0.15, -0.1) is 11.8 Å². The van der Waals surface area contributed by atoms with Crippen LogP contribution in [0.5, 0.6) is 0 Å². The van der Waals surface area contributed by atoms with E-state index >= 15 is 0 Å². The summed E-state index contributed by atoms with van der Waals surface area (Å²) in [5, 5.41) is 6.76. The number of ketones is 1. The van der Waals surface area contributed by atoms with E-state index < -0.39 is 11.6 Å². The fourth-order valence-electron chi connectivity index (χ4n) is 3.14. The number of pyridine rings is 1. The van der Waals surface area contributed by atoms with Gasteiger partial charge in [0.05, 0.1) is 11.7 Å². The van der Waals surface area contributed by atoms with Crippen molar-refractivity contribution < 1.29 is 13.6 Å². The normalized spacial score (nSPS) is 11.8. The van der Waals surface area contributed by atoms with Crippen molar-refractivity contribution in [2.45, 2.75) is 38.3 Å². The van der Waals surface area contributed by atoms with Crippen molar-refractivity contribution in [3.63, 3.8) is 0 Å². The molecule has 4 nitrogen and oxygen atoms in total. The van der Waals surface area contributed by atoms with Crippen molar-refractivity contribution >= 4 is 29.1 Å². The summed E-state index contributed by atoms with van der Waals surface area (Å²) >= 11 is 1.67. The summed E-state index contributed by atoms with van der Waals surface area (Å²) in [6, 6.07) is 13.2. The van der Waals surface area contributed by atoms with Gasteiger partial charge in [0.1, 0.15) is 0 Å². The summed E-state index contributed by atoms with van der Waals surface area (Å²) in [7, 11) is 0. The number of nitrogens with one attached hydrogen (secondary N) is 2. The van der Waals surface area contributed by atoms with Gasteiger partial charge in [0.25, 0.3) is 0 Å². The molecule has 0 aliphatic rings. The predicted molar refractivity (Wildman–Crippen MR) is 123 cm³/mol. The topological polar surface area (TPSA) is 54.0 Å². The molecule has 2 aromatic carbocycles. The molecule has 0 bridgehead atoms. The molecule has 1 heterocycles. The highest BCUT2D eigenvalue weighted by Gasteiger charge is 2.14. The van der Waals surface area contributed by atoms with Crippen molar-refractivity contribution in [2.75, 3.05) is 16.4 Å². The second kappa shape index (κ2) is 10.4. The van der Waals surface area contributed by atoms with Gasteiger partial charge >= 0.3 is 0 Å². The highest BCUT2D eigenvalue weighted by atomic mass is 32.2. The average molecular weight is 442 g/mol. The molecule has 7 heteroatoms. The van der Waals surface area contributed by atoms with E-state index in [-0.39, 0.29) is 11.8 Å². The Bertz CT molecular complexity index is 1060. The quantitative estimate of drug-likeness (QED) is 0.295. The third-order valence-corrected chi connectivity index (χ3v) is 5.78. The van der Waals surface area contributed by atoms with Gasteiger partial charge in [-0.3, -0.25) is 4.79 Å². The Morgan fingerprint density at radius 1 is 1.10 bits per heavy atom. The summed E-state index contributed by atoms with van der Waals surface area (Å²) in [6.45, 7) is 5.96. The first-order chi connectivity index (χ1) is 14.9. The lowest BCUT2D eigenvalue weighted by atomic mass is 10.0. The second-order valence-electron chi connectivity index (χ2n) is 7.11. The monoisotopic (exact) mass is 441 g/mol. The minimum Gasteiger partial charge on any atom is -0.377 e. The lowest BCUT2D eigenvalue weighted by Gasteiger charge is -2.20. The van der Waals surface area contributed by atoms with Crippen molar-refractivity contribution in [2.24, 2.45) is 0 Å². The van der Waals surface area contributed by atoms with Crippen molar-refractivity contribution in [3.05, 3.63) is 83.1 Å². The first-order valence-electron chi connectivity index (χ1n) is 10.1. The Balaban J connectivity index is 1.82. The van der Waals surface area contributed by atoms with Crippen molar-refractivity contribution in [1.82, 2.24) is 4.98 Å². The first kappa shape index (κ1) is 22.7. The summed E-state index contributed by atoms with van der Waals surface area (Å²) in [6.07, 6.45) is 1.74. The van der Waals surface area contributed by atoms with Gasteiger partial charge in [0.2, 0.25) is 0 Å². The average Bonchev–Trinajstić information content (AvgIpc) is 2.76. The molecule has 2 N–H and O–H groups in total. The van der Waals surface area contributed by atoms with E-state index in [1.807, 2.05) is 37.3 Å². The fraction of sp³-hybridized carbons (Fsp3) is 0.250. The molecule has 3 aromatic rings. The Morgan fingerprint density at radius 2 is 1.84 bits per heavy atom. The zero-order valence-corrected chi connectivity index (χ0v) is 18.5. The maximum absolute atomic E-state index is 13.6. The van der Waals surface area contributed by atoms with E-state index in [4.69, 9.17) is 0 Å². The largest absolute Gasteiger partial charge is 0.377 e. The molecule has 3 rings (SSSR count). The van der Waals surface area contributed by atoms with Crippen LogP contribution in [0.25, 0.3) is 0 Å². The maximum Gasteiger partial charge on any atom is 0.159 e. The molecule has 0 saturated carbocycles. The maximum atomic E-state index is 13.6. The number of nitrogens with zero attached hydrogens (tertiary/aromatic N) is 1. The zero-order chi connectivity index (χ0) is 22.4. The van der Waals surface area contributed by atoms with Gasteiger partial charge in [-0.2, -0.15) is 0 Å². The van der Waals surface area contributed by atoms with E-state index in [0.29, 0.717) is 23.5 Å². The predicted octanol–water partition coefficient (Wildman–Crippen LogP) is 6.46. The lowest BCUT2D eigenvalue weighted by molar-refractivity contribution is 0.101. The highest BCUT2D eigenvalue weighted by molar-refractivity contribution is 7.99. The summed E-state index contributed by atoms with van der Waals surface area (Å²) < 4.78 is 26.8. The summed E-state index contributed by atoms with van der Waals surface area (Å²) in [5.74, 6) is -0.147. The summed E-state index contributed by atoms with van der Waals surface area (Å²) in [5.41, 5.74) is 3.14. The molecular formula is C24H25F2N3OS. The minimum atomic E-state index is -0.866. The fourth-order valence-corrected chi connectivity index (χ4v) is 3.92. The van der Waals surface area contributed by atoms with Crippen LogP contribution < -0.4 is 10.6 Å². The number of anilines is 2. The van der Waals surface area contributed by atoms with Gasteiger partial charge in [0.15, 0.2) is 23.2 Å². The molecule has 0 aliphatic carbocycles. The smallest absolute Gasteiger partial charge is 0.159 e. The minimum absolute atomic E-state index is 0.0295. The highest BCUT2D eigenvalue weighted by Crippen LogP contribution is 2.34. The molecule has 1 aromatic heterocycles. The zero-order valence-electron chi connectivity index (χ0n) is 17.7. The molecular weight excluding hydrogens is 416 g/mol. The molecule has 0 aliphatic heterocycles. The second-order valence-corrected chi connectivity index (χ2v) is 8.42. The number of hydrogen-bond donors (Lipinski definition) is 2. The molecule has 1 atom stereocenters. The van der Waals surface area contributed by atoms with Crippen LogP contribution in [0.3, 0.4) is 0 Å². The van der Waals surface area contributed by atoms with Crippen LogP contribution >= 0.6 is 11.8 Å². The van der Waals surface area contributed by atoms with E-state index in [0.717, 1.165) is 28.0 Å². The van der Waals surface area contributed by atoms with Crippen LogP contribution in [-0.4, -0.2) is 16.5 Å². The number of benzene rings is 2. The Hall–Kier alpha value is -2.93. The third-order valence-electron chi connectivity index (χ3n) is 4.84. The molecule has 0 spiro atoms. The molecule has 0 amide bonds. The van der Waals surface area contributed by atoms with Gasteiger partial charge in [0, 0.05) is 23.2 Å². The van der Waals surface area contributed by atoms with Gasteiger partial charge < -0.3 is 10.6 Å². The van der Waals surface area contributed by atoms with Crippen LogP contribution in [0, 0.1) is 11.6 Å². The third kappa shape index (κ3) is 5.82. The van der Waals surface area contributed by atoms with E-state index in [1.165, 1.54) is 6.07 Å². The van der Waals surface area contributed by atoms with E-state index in [1.54, 1.807) is 30.9 Å². The van der Waals surface area contributed by atoms with Gasteiger partial charge in [-0.05, 0) is 48.9 Å². The van der Waals surface area contributed by atoms with E-state index in [9.17, 15) is 13.6 Å². The number of carbonyl (C=O) groups excluding carboxylic acids is 1. The van der Waals surface area contributed by atoms with E-state index in [2.05, 4.69) is 22.5 Å². The number of aromatic nitrogens is 1. The standard InChI is InChI=1S/C24H25F2N3OS/c1-4-31-22-11-12-27-24(23(22)28-14-17-5-10-20(25)21(26)13-17)29-15(2)18-6-8-19(9-7-18)16(3)30/h5-13,15,28H,4,14H2,1-3H3,(H,27,29). The number of thioether (sulfide) groups is 1. The molecule has 0 saturated heterocycles. The molecule has 1 unspecified atom stereocenters. The Labute approximate surface area is 185 Å². The number of hydrogen-bond acceptors (Lipinski definition) is 5. The lowest BCUT2D eigenvalue weighted by Crippen LogP contribution is -2.12. The number of rotatable bonds is 9. The van der Waals surface area contributed by atoms with Gasteiger partial charge in [-0.1, -0.05) is 37.3 Å². The van der Waals surface area contributed by atoms with Crippen LogP contribution in [0.4, 0.5) is 20.3 Å². The van der Waals surface area contributed by atoms with Crippen LogP contribution in [0.2, 0.25) is 0 Å². The molecule has 0 fully saturated rings.